The lowest BCUT2D eigenvalue weighted by molar-refractivity contribution is -0.132. The molecule has 0 aromatic heterocycles. The van der Waals surface area contributed by atoms with E-state index in [1.54, 1.807) is 30.3 Å². The zero-order valence-electron chi connectivity index (χ0n) is 15.7. The van der Waals surface area contributed by atoms with Gasteiger partial charge in [0.15, 0.2) is 6.61 Å². The van der Waals surface area contributed by atoms with E-state index < -0.39 is 34.4 Å². The molecule has 2 amide bonds. The van der Waals surface area contributed by atoms with Crippen LogP contribution in [0.2, 0.25) is 5.02 Å². The first-order valence-electron chi connectivity index (χ1n) is 8.37. The average Bonchev–Trinajstić information content (AvgIpc) is 2.66. The van der Waals surface area contributed by atoms with Gasteiger partial charge in [-0.1, -0.05) is 41.9 Å². The van der Waals surface area contributed by atoms with E-state index in [9.17, 15) is 22.8 Å². The summed E-state index contributed by atoms with van der Waals surface area (Å²) in [7, 11) is -1.09. The van der Waals surface area contributed by atoms with Crippen molar-refractivity contribution in [2.24, 2.45) is 0 Å². The summed E-state index contributed by atoms with van der Waals surface area (Å²) < 4.78 is 30.2. The molecule has 2 aromatic rings. The van der Waals surface area contributed by atoms with Gasteiger partial charge in [-0.05, 0) is 23.8 Å². The number of hydrogen-bond donors (Lipinski definition) is 1. The summed E-state index contributed by atoms with van der Waals surface area (Å²) in [5.41, 5.74) is 0.512. The molecule has 1 N–H and O–H groups in total. The highest BCUT2D eigenvalue weighted by molar-refractivity contribution is 7.89. The first kappa shape index (κ1) is 22.5. The molecule has 0 radical (unpaired) electrons. The molecule has 0 aliphatic rings. The largest absolute Gasteiger partial charge is 0.452 e. The molecule has 0 bridgehead atoms. The number of amides is 2. The van der Waals surface area contributed by atoms with Crippen molar-refractivity contribution >= 4 is 39.4 Å². The molecule has 29 heavy (non-hydrogen) atoms. The Morgan fingerprint density at radius 3 is 2.31 bits per heavy atom. The summed E-state index contributed by atoms with van der Waals surface area (Å²) in [6.45, 7) is -0.722. The zero-order chi connectivity index (χ0) is 21.6. The van der Waals surface area contributed by atoms with E-state index in [-0.39, 0.29) is 21.9 Å². The van der Waals surface area contributed by atoms with E-state index in [2.05, 4.69) is 5.32 Å². The molecule has 0 saturated carbocycles. The van der Waals surface area contributed by atoms with Crippen LogP contribution < -0.4 is 5.32 Å². The van der Waals surface area contributed by atoms with Crippen molar-refractivity contribution in [2.45, 2.75) is 11.3 Å². The van der Waals surface area contributed by atoms with Crippen LogP contribution in [0.3, 0.4) is 0 Å². The van der Waals surface area contributed by atoms with Crippen molar-refractivity contribution in [3.63, 3.8) is 0 Å². The second kappa shape index (κ2) is 9.64. The molecule has 0 fully saturated rings. The van der Waals surface area contributed by atoms with Gasteiger partial charge in [0, 0.05) is 14.1 Å². The van der Waals surface area contributed by atoms with Gasteiger partial charge >= 0.3 is 5.97 Å². The molecule has 0 spiro atoms. The summed E-state index contributed by atoms with van der Waals surface area (Å²) in [6.07, 6.45) is -0.00318. The summed E-state index contributed by atoms with van der Waals surface area (Å²) >= 11 is 5.95. The lowest BCUT2D eigenvalue weighted by Crippen LogP contribution is -2.35. The Morgan fingerprint density at radius 1 is 1.03 bits per heavy atom. The molecule has 0 atom stereocenters. The highest BCUT2D eigenvalue weighted by atomic mass is 35.5. The van der Waals surface area contributed by atoms with Crippen molar-refractivity contribution in [1.29, 1.82) is 0 Å². The standard InChI is InChI=1S/C19H19ClN2O6S/c1-22(2)29(26,27)14-8-9-16(20)15(11-14)19(25)28-12-18(24)21-17(23)10-13-6-4-3-5-7-13/h3-9,11H,10,12H2,1-2H3,(H,21,23,24). The maximum absolute atomic E-state index is 12.2. The SMILES string of the molecule is CN(C)S(=O)(=O)c1ccc(Cl)c(C(=O)OCC(=O)NC(=O)Cc2ccccc2)c1. The molecule has 2 rings (SSSR count). The molecule has 10 heteroatoms. The van der Waals surface area contributed by atoms with E-state index in [4.69, 9.17) is 16.3 Å². The van der Waals surface area contributed by atoms with E-state index in [0.717, 1.165) is 15.9 Å². The molecule has 0 aliphatic heterocycles. The predicted molar refractivity (Wildman–Crippen MR) is 106 cm³/mol. The lowest BCUT2D eigenvalue weighted by Gasteiger charge is -2.13. The summed E-state index contributed by atoms with van der Waals surface area (Å²) in [4.78, 5) is 35.7. The Labute approximate surface area is 173 Å². The number of esters is 1. The lowest BCUT2D eigenvalue weighted by atomic mass is 10.1. The van der Waals surface area contributed by atoms with E-state index in [1.807, 2.05) is 0 Å². The van der Waals surface area contributed by atoms with Crippen LogP contribution >= 0.6 is 11.6 Å². The number of sulfonamides is 1. The van der Waals surface area contributed by atoms with Gasteiger partial charge in [0.25, 0.3) is 5.91 Å². The minimum absolute atomic E-state index is 0.00318. The second-order valence-electron chi connectivity index (χ2n) is 6.14. The van der Waals surface area contributed by atoms with Crippen LogP contribution in [0.4, 0.5) is 0 Å². The number of nitrogens with zero attached hydrogens (tertiary/aromatic N) is 1. The number of rotatable bonds is 7. The number of carbonyl (C=O) groups excluding carboxylic acids is 3. The highest BCUT2D eigenvalue weighted by Gasteiger charge is 2.22. The smallest absolute Gasteiger partial charge is 0.340 e. The van der Waals surface area contributed by atoms with Gasteiger partial charge in [-0.25, -0.2) is 17.5 Å². The van der Waals surface area contributed by atoms with Gasteiger partial charge in [0.05, 0.1) is 21.9 Å². The fourth-order valence-electron chi connectivity index (χ4n) is 2.26. The third kappa shape index (κ3) is 6.11. The first-order chi connectivity index (χ1) is 13.6. The van der Waals surface area contributed by atoms with Crippen LogP contribution in [-0.4, -0.2) is 51.2 Å². The van der Waals surface area contributed by atoms with Gasteiger partial charge in [-0.2, -0.15) is 0 Å². The van der Waals surface area contributed by atoms with Crippen LogP contribution in [0.15, 0.2) is 53.4 Å². The molecular weight excluding hydrogens is 420 g/mol. The van der Waals surface area contributed by atoms with Gasteiger partial charge < -0.3 is 4.74 Å². The van der Waals surface area contributed by atoms with Crippen molar-refractivity contribution in [2.75, 3.05) is 20.7 Å². The van der Waals surface area contributed by atoms with Crippen molar-refractivity contribution < 1.29 is 27.5 Å². The number of benzene rings is 2. The number of carbonyl (C=O) groups is 3. The van der Waals surface area contributed by atoms with Crippen LogP contribution in [0.5, 0.6) is 0 Å². The second-order valence-corrected chi connectivity index (χ2v) is 8.70. The summed E-state index contributed by atoms with van der Waals surface area (Å²) in [5.74, 6) is -2.35. The van der Waals surface area contributed by atoms with Gasteiger partial charge in [-0.3, -0.25) is 14.9 Å². The van der Waals surface area contributed by atoms with Crippen molar-refractivity contribution in [3.05, 3.63) is 64.7 Å². The monoisotopic (exact) mass is 438 g/mol. The van der Waals surface area contributed by atoms with Gasteiger partial charge in [-0.15, -0.1) is 0 Å². The molecule has 0 heterocycles. The minimum Gasteiger partial charge on any atom is -0.452 e. The molecule has 0 aliphatic carbocycles. The molecular formula is C19H19ClN2O6S. The van der Waals surface area contributed by atoms with E-state index in [1.165, 1.54) is 26.2 Å². The third-order valence-corrected chi connectivity index (χ3v) is 5.90. The predicted octanol–water partition coefficient (Wildman–Crippen LogP) is 1.63. The topological polar surface area (TPSA) is 110 Å². The van der Waals surface area contributed by atoms with Crippen LogP contribution in [-0.2, 0) is 30.8 Å². The summed E-state index contributed by atoms with van der Waals surface area (Å²) in [5, 5.41) is 2.08. The Balaban J connectivity index is 1.98. The third-order valence-electron chi connectivity index (χ3n) is 3.76. The van der Waals surface area contributed by atoms with Crippen LogP contribution in [0.25, 0.3) is 0 Å². The van der Waals surface area contributed by atoms with Gasteiger partial charge in [0.2, 0.25) is 15.9 Å². The summed E-state index contributed by atoms with van der Waals surface area (Å²) in [6, 6.07) is 12.4. The molecule has 8 nitrogen and oxygen atoms in total. The Bertz CT molecular complexity index is 1020. The first-order valence-corrected chi connectivity index (χ1v) is 10.2. The Kier molecular flexibility index (Phi) is 7.49. The number of nitrogens with one attached hydrogen (secondary N) is 1. The number of hydrogen-bond acceptors (Lipinski definition) is 6. The maximum atomic E-state index is 12.2. The van der Waals surface area contributed by atoms with Crippen LogP contribution in [0, 0.1) is 0 Å². The average molecular weight is 439 g/mol. The minimum atomic E-state index is -3.78. The Hall–Kier alpha value is -2.75. The van der Waals surface area contributed by atoms with E-state index in [0.29, 0.717) is 0 Å². The maximum Gasteiger partial charge on any atom is 0.340 e. The molecule has 154 valence electrons. The van der Waals surface area contributed by atoms with Crippen LogP contribution in [0.1, 0.15) is 15.9 Å². The molecule has 0 unspecified atom stereocenters. The molecule has 2 aromatic carbocycles. The van der Waals surface area contributed by atoms with Gasteiger partial charge in [0.1, 0.15) is 0 Å². The Morgan fingerprint density at radius 2 is 1.69 bits per heavy atom. The highest BCUT2D eigenvalue weighted by Crippen LogP contribution is 2.22. The number of ether oxygens (including phenoxy) is 1. The fraction of sp³-hybridized carbons (Fsp3) is 0.211. The fourth-order valence-corrected chi connectivity index (χ4v) is 3.38. The number of halogens is 1. The zero-order valence-corrected chi connectivity index (χ0v) is 17.3. The normalized spacial score (nSPS) is 11.2. The van der Waals surface area contributed by atoms with Crippen molar-refractivity contribution in [1.82, 2.24) is 9.62 Å². The van der Waals surface area contributed by atoms with Crippen molar-refractivity contribution in [3.8, 4) is 0 Å². The number of imide groups is 1. The van der Waals surface area contributed by atoms with E-state index >= 15 is 0 Å². The molecule has 0 saturated heterocycles. The quantitative estimate of drug-likeness (QED) is 0.658.